The van der Waals surface area contributed by atoms with Crippen molar-refractivity contribution in [3.8, 4) is 0 Å². The number of nitrogens with one attached hydrogen (secondary N) is 1. The molecule has 2 aromatic carbocycles. The Balaban J connectivity index is 1.70. The lowest BCUT2D eigenvalue weighted by Gasteiger charge is -2.14. The molecule has 0 atom stereocenters. The van der Waals surface area contributed by atoms with Crippen LogP contribution < -0.4 is 10.2 Å². The highest BCUT2D eigenvalue weighted by Gasteiger charge is 2.26. The fourth-order valence-electron chi connectivity index (χ4n) is 2.86. The quantitative estimate of drug-likeness (QED) is 0.944. The molecule has 4 heteroatoms. The maximum absolute atomic E-state index is 12.3. The molecule has 1 aliphatic rings. The summed E-state index contributed by atoms with van der Waals surface area (Å²) in [5.41, 5.74) is 4.72. The molecule has 0 unspecified atom stereocenters. The minimum atomic E-state index is -0.115. The van der Waals surface area contributed by atoms with E-state index < -0.39 is 0 Å². The van der Waals surface area contributed by atoms with Crippen LogP contribution in [0.1, 0.15) is 34.0 Å². The molecule has 0 radical (unpaired) electrons. The molecule has 0 aromatic heterocycles. The molecule has 0 bridgehead atoms. The van der Waals surface area contributed by atoms with E-state index in [-0.39, 0.29) is 11.8 Å². The number of rotatable bonds is 4. The zero-order valence-corrected chi connectivity index (χ0v) is 13.4. The molecule has 3 rings (SSSR count). The van der Waals surface area contributed by atoms with Crippen LogP contribution in [0, 0.1) is 6.92 Å². The molecular formula is C19H20N2O2. The number of carbonyl (C=O) groups excluding carboxylic acids is 2. The smallest absolute Gasteiger partial charge is 0.251 e. The SMILES string of the molecule is CCN1C(=O)Cc2cc(C(=O)NCc3ccc(C)cc3)ccc21. The predicted octanol–water partition coefficient (Wildman–Crippen LogP) is 2.83. The molecule has 1 N–H and O–H groups in total. The summed E-state index contributed by atoms with van der Waals surface area (Å²) in [5.74, 6) is -0.0181. The number of hydrogen-bond donors (Lipinski definition) is 1. The molecule has 118 valence electrons. The van der Waals surface area contributed by atoms with Crippen LogP contribution in [0.5, 0.6) is 0 Å². The van der Waals surface area contributed by atoms with E-state index in [0.29, 0.717) is 25.1 Å². The third-order valence-electron chi connectivity index (χ3n) is 4.17. The van der Waals surface area contributed by atoms with Gasteiger partial charge < -0.3 is 10.2 Å². The second kappa shape index (κ2) is 6.24. The molecule has 23 heavy (non-hydrogen) atoms. The molecule has 0 fully saturated rings. The Morgan fingerprint density at radius 2 is 1.91 bits per heavy atom. The fourth-order valence-corrected chi connectivity index (χ4v) is 2.86. The van der Waals surface area contributed by atoms with Crippen molar-refractivity contribution in [1.29, 1.82) is 0 Å². The summed E-state index contributed by atoms with van der Waals surface area (Å²) in [4.78, 5) is 26.0. The van der Waals surface area contributed by atoms with Gasteiger partial charge >= 0.3 is 0 Å². The monoisotopic (exact) mass is 308 g/mol. The van der Waals surface area contributed by atoms with Crippen LogP contribution in [0.3, 0.4) is 0 Å². The lowest BCUT2D eigenvalue weighted by atomic mass is 10.1. The van der Waals surface area contributed by atoms with Crippen molar-refractivity contribution in [3.63, 3.8) is 0 Å². The Kier molecular flexibility index (Phi) is 4.15. The van der Waals surface area contributed by atoms with E-state index in [9.17, 15) is 9.59 Å². The minimum Gasteiger partial charge on any atom is -0.348 e. The lowest BCUT2D eigenvalue weighted by molar-refractivity contribution is -0.117. The highest BCUT2D eigenvalue weighted by atomic mass is 16.2. The van der Waals surface area contributed by atoms with Gasteiger partial charge in [-0.2, -0.15) is 0 Å². The predicted molar refractivity (Wildman–Crippen MR) is 90.5 cm³/mol. The van der Waals surface area contributed by atoms with E-state index >= 15 is 0 Å². The number of anilines is 1. The molecule has 0 spiro atoms. The van der Waals surface area contributed by atoms with Crippen molar-refractivity contribution in [2.45, 2.75) is 26.8 Å². The van der Waals surface area contributed by atoms with Gasteiger partial charge in [-0.05, 0) is 43.2 Å². The third-order valence-corrected chi connectivity index (χ3v) is 4.17. The summed E-state index contributed by atoms with van der Waals surface area (Å²) in [6.45, 7) is 5.14. The average Bonchev–Trinajstić information content (AvgIpc) is 2.88. The van der Waals surface area contributed by atoms with E-state index in [0.717, 1.165) is 16.8 Å². The van der Waals surface area contributed by atoms with E-state index in [1.165, 1.54) is 5.56 Å². The van der Waals surface area contributed by atoms with Crippen molar-refractivity contribution in [3.05, 3.63) is 64.7 Å². The summed E-state index contributed by atoms with van der Waals surface area (Å²) in [6.07, 6.45) is 0.377. The van der Waals surface area contributed by atoms with Crippen LogP contribution in [-0.2, 0) is 17.8 Å². The zero-order valence-electron chi connectivity index (χ0n) is 13.4. The van der Waals surface area contributed by atoms with Gasteiger partial charge in [0.1, 0.15) is 0 Å². The number of carbonyl (C=O) groups is 2. The third kappa shape index (κ3) is 3.11. The number of fused-ring (bicyclic) bond motifs is 1. The van der Waals surface area contributed by atoms with Crippen molar-refractivity contribution in [2.75, 3.05) is 11.4 Å². The summed E-state index contributed by atoms with van der Waals surface area (Å²) >= 11 is 0. The van der Waals surface area contributed by atoms with Crippen LogP contribution in [0.4, 0.5) is 5.69 Å². The second-order valence-corrected chi connectivity index (χ2v) is 5.83. The summed E-state index contributed by atoms with van der Waals surface area (Å²) in [6, 6.07) is 13.6. The number of nitrogens with zero attached hydrogens (tertiary/aromatic N) is 1. The molecule has 4 nitrogen and oxygen atoms in total. The topological polar surface area (TPSA) is 49.4 Å². The first-order valence-electron chi connectivity index (χ1n) is 7.85. The van der Waals surface area contributed by atoms with Crippen molar-refractivity contribution in [1.82, 2.24) is 5.32 Å². The number of hydrogen-bond acceptors (Lipinski definition) is 2. The number of amides is 2. The molecule has 1 heterocycles. The Hall–Kier alpha value is -2.62. The largest absolute Gasteiger partial charge is 0.348 e. The molecule has 2 amide bonds. The maximum atomic E-state index is 12.3. The maximum Gasteiger partial charge on any atom is 0.251 e. The van der Waals surface area contributed by atoms with E-state index in [1.807, 2.05) is 50.2 Å². The number of benzene rings is 2. The van der Waals surface area contributed by atoms with E-state index in [1.54, 1.807) is 11.0 Å². The van der Waals surface area contributed by atoms with Gasteiger partial charge in [-0.3, -0.25) is 9.59 Å². The summed E-state index contributed by atoms with van der Waals surface area (Å²) in [7, 11) is 0. The Morgan fingerprint density at radius 1 is 1.17 bits per heavy atom. The van der Waals surface area contributed by atoms with Gasteiger partial charge in [0.2, 0.25) is 5.91 Å². The highest BCUT2D eigenvalue weighted by Crippen LogP contribution is 2.29. The molecule has 2 aromatic rings. The van der Waals surface area contributed by atoms with Crippen molar-refractivity contribution < 1.29 is 9.59 Å². The Bertz CT molecular complexity index is 750. The van der Waals surface area contributed by atoms with Crippen LogP contribution in [0.2, 0.25) is 0 Å². The molecular weight excluding hydrogens is 288 g/mol. The Morgan fingerprint density at radius 3 is 2.61 bits per heavy atom. The molecule has 0 saturated carbocycles. The van der Waals surface area contributed by atoms with Gasteiger partial charge in [0.05, 0.1) is 6.42 Å². The lowest BCUT2D eigenvalue weighted by Crippen LogP contribution is -2.25. The minimum absolute atomic E-state index is 0.0970. The van der Waals surface area contributed by atoms with Gasteiger partial charge in [0.15, 0.2) is 0 Å². The van der Waals surface area contributed by atoms with E-state index in [2.05, 4.69) is 5.32 Å². The van der Waals surface area contributed by atoms with E-state index in [4.69, 9.17) is 0 Å². The summed E-state index contributed by atoms with van der Waals surface area (Å²) < 4.78 is 0. The van der Waals surface area contributed by atoms with Gasteiger partial charge in [-0.1, -0.05) is 29.8 Å². The first-order valence-corrected chi connectivity index (χ1v) is 7.85. The van der Waals surface area contributed by atoms with Gasteiger partial charge in [-0.25, -0.2) is 0 Å². The molecule has 0 aliphatic carbocycles. The number of aryl methyl sites for hydroxylation is 1. The number of likely N-dealkylation sites (N-methyl/N-ethyl adjacent to an activating group) is 1. The standard InChI is InChI=1S/C19H20N2O2/c1-3-21-17-9-8-15(10-16(17)11-18(21)22)19(23)20-12-14-6-4-13(2)5-7-14/h4-10H,3,11-12H2,1-2H3,(H,20,23). The van der Waals surface area contributed by atoms with Crippen LogP contribution in [-0.4, -0.2) is 18.4 Å². The molecule has 1 aliphatic heterocycles. The highest BCUT2D eigenvalue weighted by molar-refractivity contribution is 6.03. The van der Waals surface area contributed by atoms with Gasteiger partial charge in [-0.15, -0.1) is 0 Å². The van der Waals surface area contributed by atoms with Crippen molar-refractivity contribution in [2.24, 2.45) is 0 Å². The normalized spacial score (nSPS) is 13.1. The average molecular weight is 308 g/mol. The van der Waals surface area contributed by atoms with Crippen LogP contribution >= 0.6 is 0 Å². The van der Waals surface area contributed by atoms with Crippen LogP contribution in [0.25, 0.3) is 0 Å². The first kappa shape index (κ1) is 15.3. The van der Waals surface area contributed by atoms with Crippen molar-refractivity contribution >= 4 is 17.5 Å². The summed E-state index contributed by atoms with van der Waals surface area (Å²) in [5, 5.41) is 2.92. The van der Waals surface area contributed by atoms with Gasteiger partial charge in [0.25, 0.3) is 5.91 Å². The molecule has 0 saturated heterocycles. The second-order valence-electron chi connectivity index (χ2n) is 5.83. The first-order chi connectivity index (χ1) is 11.1. The zero-order chi connectivity index (χ0) is 16.4. The van der Waals surface area contributed by atoms with Gasteiger partial charge in [0, 0.05) is 24.3 Å². The Labute approximate surface area is 136 Å². The van der Waals surface area contributed by atoms with Crippen LogP contribution in [0.15, 0.2) is 42.5 Å². The fraction of sp³-hybridized carbons (Fsp3) is 0.263.